The van der Waals surface area contributed by atoms with Gasteiger partial charge in [0, 0.05) is 74.0 Å². The molecule has 1 unspecified atom stereocenters. The van der Waals surface area contributed by atoms with E-state index < -0.39 is 53.3 Å². The van der Waals surface area contributed by atoms with Crippen molar-refractivity contribution < 1.29 is 33.4 Å². The number of thioether (sulfide) groups is 1. The lowest BCUT2D eigenvalue weighted by atomic mass is 9.84. The number of rotatable bonds is 10. The van der Waals surface area contributed by atoms with Gasteiger partial charge >= 0.3 is 5.97 Å². The summed E-state index contributed by atoms with van der Waals surface area (Å²) in [5.41, 5.74) is 8.38. The van der Waals surface area contributed by atoms with Crippen LogP contribution in [0.25, 0.3) is 22.2 Å². The topological polar surface area (TPSA) is 168 Å². The number of carbonyl (C=O) groups excluding carboxylic acids is 5. The van der Waals surface area contributed by atoms with E-state index >= 15 is 0 Å². The summed E-state index contributed by atoms with van der Waals surface area (Å²) in [4.78, 5) is 82.4. The Labute approximate surface area is 373 Å². The number of carbonyl (C=O) groups is 5. The van der Waals surface area contributed by atoms with Gasteiger partial charge in [-0.05, 0) is 79.8 Å². The summed E-state index contributed by atoms with van der Waals surface area (Å²) >= 11 is 1.44. The van der Waals surface area contributed by atoms with Crippen molar-refractivity contribution in [2.24, 2.45) is 22.2 Å². The van der Waals surface area contributed by atoms with E-state index in [1.54, 1.807) is 25.3 Å². The third-order valence-corrected chi connectivity index (χ3v) is 13.3. The minimum atomic E-state index is -1.20. The van der Waals surface area contributed by atoms with Gasteiger partial charge < -0.3 is 29.2 Å². The first-order chi connectivity index (χ1) is 30.2. The number of nitrogens with zero attached hydrogens (tertiary/aromatic N) is 6. The number of hydrogen-bond donors (Lipinski definition) is 2. The second kappa shape index (κ2) is 19.2. The van der Waals surface area contributed by atoms with Gasteiger partial charge in [-0.1, -0.05) is 58.2 Å². The second-order valence-corrected chi connectivity index (χ2v) is 18.9. The molecule has 0 spiro atoms. The van der Waals surface area contributed by atoms with Gasteiger partial charge in [-0.2, -0.15) is 0 Å². The number of aryl methyl sites for hydroxylation is 1. The molecule has 16 heteroatoms. The van der Waals surface area contributed by atoms with Crippen LogP contribution in [0.4, 0.5) is 0 Å². The number of likely N-dealkylation sites (tertiary alicyclic amines) is 1. The zero-order valence-electron chi connectivity index (χ0n) is 37.4. The quantitative estimate of drug-likeness (QED) is 0.212. The molecule has 336 valence electrons. The molecule has 4 aliphatic heterocycles. The summed E-state index contributed by atoms with van der Waals surface area (Å²) in [6.45, 7) is 15.7. The van der Waals surface area contributed by atoms with Gasteiger partial charge in [0.05, 0.1) is 36.6 Å². The fourth-order valence-corrected chi connectivity index (χ4v) is 10.2. The number of esters is 1. The Bertz CT molecular complexity index is 2340. The number of likely N-dealkylation sites (N-methyl/N-ethyl adjacent to an activating group) is 1. The number of hydrazine groups is 1. The largest absolute Gasteiger partial charge is 0.464 e. The molecule has 7 rings (SSSR count). The highest BCUT2D eigenvalue weighted by Gasteiger charge is 2.42. The molecule has 4 amide bonds. The maximum Gasteiger partial charge on any atom is 0.324 e. The smallest absolute Gasteiger partial charge is 0.324 e. The number of pyridine rings is 1. The van der Waals surface area contributed by atoms with Crippen LogP contribution in [0.15, 0.2) is 65.7 Å². The van der Waals surface area contributed by atoms with Crippen molar-refractivity contribution in [2.75, 3.05) is 40.4 Å². The third-order valence-electron chi connectivity index (χ3n) is 12.5. The van der Waals surface area contributed by atoms with Gasteiger partial charge in [-0.3, -0.25) is 39.0 Å². The van der Waals surface area contributed by atoms with Gasteiger partial charge in [-0.25, -0.2) is 5.43 Å². The lowest BCUT2D eigenvalue weighted by Crippen LogP contribution is -2.64. The van der Waals surface area contributed by atoms with Crippen LogP contribution in [0, 0.1) is 17.3 Å². The number of cyclic esters (lactones) is 1. The standard InChI is InChI=1S/C47H60N8O7S/c1-9-38(56)53-21-17-30(25-53)44(58)52(7)40(28(3)4)42(57)50-39-34-18-22-63-43(49-34)29-15-16-37-32(23-29)33(41(54(37)10-2)31-13-11-19-48-36(31)26-61-8)24-47(5,6)27-62-46(60)35-14-12-20-55(51-35)45(39)59/h9,11,13,15-16,18-19,22-23,28,30,34-35,39-40,51H,1,10,12,14,17,20-21,24-27H2,2-8H3,(H,50,57)/t30-,34?,35-,39-,40-/m0/s1. The maximum atomic E-state index is 14.8. The highest BCUT2D eigenvalue weighted by Crippen LogP contribution is 2.40. The molecule has 6 bridgehead atoms. The molecule has 63 heavy (non-hydrogen) atoms. The minimum absolute atomic E-state index is 0.132. The number of fused-ring (bicyclic) bond motifs is 5. The summed E-state index contributed by atoms with van der Waals surface area (Å²) in [7, 11) is 3.26. The number of methoxy groups -OCH3 is 1. The Morgan fingerprint density at radius 3 is 2.70 bits per heavy atom. The number of nitrogens with one attached hydrogen (secondary N) is 2. The maximum absolute atomic E-state index is 14.8. The van der Waals surface area contributed by atoms with Crippen molar-refractivity contribution in [3.63, 3.8) is 0 Å². The van der Waals surface area contributed by atoms with Crippen molar-refractivity contribution in [3.05, 3.63) is 77.5 Å². The molecule has 2 saturated heterocycles. The zero-order valence-corrected chi connectivity index (χ0v) is 38.2. The lowest BCUT2D eigenvalue weighted by molar-refractivity contribution is -0.155. The van der Waals surface area contributed by atoms with Gasteiger partial charge in [0.25, 0.3) is 5.91 Å². The Morgan fingerprint density at radius 1 is 1.17 bits per heavy atom. The van der Waals surface area contributed by atoms with E-state index in [4.69, 9.17) is 19.5 Å². The average molecular weight is 881 g/mol. The van der Waals surface area contributed by atoms with Gasteiger partial charge in [-0.15, -0.1) is 0 Å². The first-order valence-corrected chi connectivity index (χ1v) is 22.8. The molecule has 2 aromatic heterocycles. The van der Waals surface area contributed by atoms with E-state index in [0.717, 1.165) is 39.0 Å². The van der Waals surface area contributed by atoms with Crippen molar-refractivity contribution in [1.82, 2.24) is 35.1 Å². The SMILES string of the molecule is C=CC(=O)N1CC[C@H](C(=O)N(C)[C@H](C(=O)N[C@@H]2C(=O)N3CCC[C@H](N3)C(=O)OCC(C)(C)Cc3c(-c4cccnc4COC)n(CC)c4ccc(cc34)C3=NC2C=CS3)C(C)C)C1. The fraction of sp³-hybridized carbons (Fsp3) is 0.511. The highest BCUT2D eigenvalue weighted by molar-refractivity contribution is 8.16. The molecule has 3 aromatic rings. The van der Waals surface area contributed by atoms with E-state index in [9.17, 15) is 24.0 Å². The molecule has 4 aliphatic rings. The predicted molar refractivity (Wildman–Crippen MR) is 243 cm³/mol. The summed E-state index contributed by atoms with van der Waals surface area (Å²) in [6, 6.07) is 6.53. The predicted octanol–water partition coefficient (Wildman–Crippen LogP) is 4.87. The fourth-order valence-electron chi connectivity index (χ4n) is 9.35. The minimum Gasteiger partial charge on any atom is -0.464 e. The van der Waals surface area contributed by atoms with Crippen molar-refractivity contribution in [2.45, 2.75) is 97.6 Å². The molecular formula is C47H60N8O7S. The molecule has 2 N–H and O–H groups in total. The van der Waals surface area contributed by atoms with E-state index in [1.807, 2.05) is 37.5 Å². The van der Waals surface area contributed by atoms with Gasteiger partial charge in [0.15, 0.2) is 0 Å². The van der Waals surface area contributed by atoms with E-state index in [0.29, 0.717) is 57.0 Å². The van der Waals surface area contributed by atoms with Crippen LogP contribution in [0.5, 0.6) is 0 Å². The Balaban J connectivity index is 1.30. The Hall–Kier alpha value is -5.32. The molecular weight excluding hydrogens is 821 g/mol. The average Bonchev–Trinajstić information content (AvgIpc) is 3.89. The lowest BCUT2D eigenvalue weighted by Gasteiger charge is -2.38. The van der Waals surface area contributed by atoms with Crippen LogP contribution in [0.3, 0.4) is 0 Å². The Morgan fingerprint density at radius 2 is 1.97 bits per heavy atom. The summed E-state index contributed by atoms with van der Waals surface area (Å²) in [5, 5.41) is 8.03. The first-order valence-electron chi connectivity index (χ1n) is 21.9. The normalized spacial score (nSPS) is 23.0. The van der Waals surface area contributed by atoms with E-state index in [2.05, 4.69) is 60.9 Å². The molecule has 5 atom stereocenters. The molecule has 2 fully saturated rings. The van der Waals surface area contributed by atoms with Crippen LogP contribution < -0.4 is 10.7 Å². The summed E-state index contributed by atoms with van der Waals surface area (Å²) < 4.78 is 14.0. The number of benzene rings is 1. The van der Waals surface area contributed by atoms with Gasteiger partial charge in [0.2, 0.25) is 17.7 Å². The number of amides is 4. The van der Waals surface area contributed by atoms with Crippen molar-refractivity contribution in [3.8, 4) is 11.3 Å². The van der Waals surface area contributed by atoms with Crippen LogP contribution >= 0.6 is 11.8 Å². The molecule has 0 aliphatic carbocycles. The van der Waals surface area contributed by atoms with Crippen LogP contribution in [0.2, 0.25) is 0 Å². The van der Waals surface area contributed by atoms with Gasteiger partial charge in [0.1, 0.15) is 23.2 Å². The second-order valence-electron chi connectivity index (χ2n) is 18.0. The molecule has 1 aromatic carbocycles. The number of ether oxygens (including phenoxy) is 2. The van der Waals surface area contributed by atoms with Crippen LogP contribution in [-0.4, -0.2) is 124 Å². The van der Waals surface area contributed by atoms with Crippen molar-refractivity contribution in [1.29, 1.82) is 0 Å². The molecule has 15 nitrogen and oxygen atoms in total. The first kappa shape index (κ1) is 45.7. The highest BCUT2D eigenvalue weighted by atomic mass is 32.2. The number of aliphatic imine (C=N–C) groups is 1. The van der Waals surface area contributed by atoms with E-state index in [-0.39, 0.29) is 30.9 Å². The van der Waals surface area contributed by atoms with E-state index in [1.165, 1.54) is 27.7 Å². The summed E-state index contributed by atoms with van der Waals surface area (Å²) in [6.07, 6.45) is 6.84. The third kappa shape index (κ3) is 9.48. The van der Waals surface area contributed by atoms with Crippen molar-refractivity contribution >= 4 is 57.3 Å². The Kier molecular flexibility index (Phi) is 13.9. The summed E-state index contributed by atoms with van der Waals surface area (Å²) in [5.74, 6) is -2.75. The number of hydrogen-bond acceptors (Lipinski definition) is 11. The molecule has 0 radical (unpaired) electrons. The number of aromatic nitrogens is 2. The molecule has 6 heterocycles. The van der Waals surface area contributed by atoms with Crippen LogP contribution in [0.1, 0.15) is 70.7 Å². The zero-order chi connectivity index (χ0) is 45.2. The van der Waals surface area contributed by atoms with Crippen LogP contribution in [-0.2, 0) is 53.0 Å². The molecule has 0 saturated carbocycles. The monoisotopic (exact) mass is 880 g/mol.